The van der Waals surface area contributed by atoms with E-state index in [4.69, 9.17) is 5.73 Å². The fourth-order valence-electron chi connectivity index (χ4n) is 4.02. The van der Waals surface area contributed by atoms with Gasteiger partial charge in [0.15, 0.2) is 0 Å². The molecule has 0 spiro atoms. The van der Waals surface area contributed by atoms with E-state index in [9.17, 15) is 4.79 Å². The predicted molar refractivity (Wildman–Crippen MR) is 95.7 cm³/mol. The van der Waals surface area contributed by atoms with Crippen LogP contribution in [0.1, 0.15) is 63.0 Å². The van der Waals surface area contributed by atoms with Gasteiger partial charge in [0.2, 0.25) is 5.91 Å². The standard InChI is InChI=1S/C20H30N2O/c1-2-18(21)14-15-10-11-19-17(13-15)9-6-12-22(19)20(23)16-7-4-3-5-8-16/h10-11,13,16,18H,2-9,12,14,21H2,1H3. The Morgan fingerprint density at radius 2 is 2.04 bits per heavy atom. The van der Waals surface area contributed by atoms with E-state index < -0.39 is 0 Å². The minimum Gasteiger partial charge on any atom is -0.327 e. The molecule has 1 amide bonds. The van der Waals surface area contributed by atoms with Crippen LogP contribution in [0.4, 0.5) is 5.69 Å². The molecule has 1 atom stereocenters. The molecule has 3 nitrogen and oxygen atoms in total. The zero-order chi connectivity index (χ0) is 16.2. The van der Waals surface area contributed by atoms with Crippen LogP contribution < -0.4 is 10.6 Å². The van der Waals surface area contributed by atoms with Crippen molar-refractivity contribution < 1.29 is 4.79 Å². The lowest BCUT2D eigenvalue weighted by atomic mass is 9.87. The first kappa shape index (κ1) is 16.5. The van der Waals surface area contributed by atoms with E-state index in [1.54, 1.807) is 0 Å². The molecule has 2 aliphatic rings. The average Bonchev–Trinajstić information content (AvgIpc) is 2.61. The Labute approximate surface area is 140 Å². The molecule has 1 aliphatic heterocycles. The second-order valence-corrected chi connectivity index (χ2v) is 7.26. The van der Waals surface area contributed by atoms with Crippen molar-refractivity contribution >= 4 is 11.6 Å². The van der Waals surface area contributed by atoms with Gasteiger partial charge in [0, 0.05) is 24.2 Å². The summed E-state index contributed by atoms with van der Waals surface area (Å²) in [6, 6.07) is 6.84. The number of fused-ring (bicyclic) bond motifs is 1. The Kier molecular flexibility index (Phi) is 5.37. The van der Waals surface area contributed by atoms with E-state index in [2.05, 4.69) is 30.0 Å². The van der Waals surface area contributed by atoms with E-state index in [0.717, 1.165) is 50.8 Å². The first-order chi connectivity index (χ1) is 11.2. The van der Waals surface area contributed by atoms with Crippen molar-refractivity contribution in [3.05, 3.63) is 29.3 Å². The summed E-state index contributed by atoms with van der Waals surface area (Å²) in [7, 11) is 0. The third-order valence-electron chi connectivity index (χ3n) is 5.51. The molecule has 1 fully saturated rings. The summed E-state index contributed by atoms with van der Waals surface area (Å²) in [5.41, 5.74) is 9.89. The summed E-state index contributed by atoms with van der Waals surface area (Å²) in [4.78, 5) is 15.0. The summed E-state index contributed by atoms with van der Waals surface area (Å²) in [6.45, 7) is 3.02. The summed E-state index contributed by atoms with van der Waals surface area (Å²) in [6.07, 6.45) is 9.97. The van der Waals surface area contributed by atoms with Crippen molar-refractivity contribution in [1.29, 1.82) is 0 Å². The van der Waals surface area contributed by atoms with Crippen molar-refractivity contribution in [2.45, 2.75) is 70.8 Å². The number of nitrogens with two attached hydrogens (primary N) is 1. The number of hydrogen-bond donors (Lipinski definition) is 1. The maximum Gasteiger partial charge on any atom is 0.230 e. The first-order valence-corrected chi connectivity index (χ1v) is 9.37. The monoisotopic (exact) mass is 314 g/mol. The highest BCUT2D eigenvalue weighted by Gasteiger charge is 2.29. The van der Waals surface area contributed by atoms with Gasteiger partial charge in [-0.05, 0) is 55.7 Å². The molecule has 1 aromatic carbocycles. The molecule has 0 radical (unpaired) electrons. The fraction of sp³-hybridized carbons (Fsp3) is 0.650. The quantitative estimate of drug-likeness (QED) is 0.918. The number of carbonyl (C=O) groups excluding carboxylic acids is 1. The average molecular weight is 314 g/mol. The second-order valence-electron chi connectivity index (χ2n) is 7.26. The fourth-order valence-corrected chi connectivity index (χ4v) is 4.02. The second kappa shape index (κ2) is 7.48. The highest BCUT2D eigenvalue weighted by Crippen LogP contribution is 2.33. The number of carbonyl (C=O) groups is 1. The van der Waals surface area contributed by atoms with E-state index in [1.807, 2.05) is 0 Å². The van der Waals surface area contributed by atoms with Gasteiger partial charge in [0.1, 0.15) is 0 Å². The molecule has 1 unspecified atom stereocenters. The summed E-state index contributed by atoms with van der Waals surface area (Å²) >= 11 is 0. The summed E-state index contributed by atoms with van der Waals surface area (Å²) in [5.74, 6) is 0.617. The van der Waals surface area contributed by atoms with Gasteiger partial charge >= 0.3 is 0 Å². The predicted octanol–water partition coefficient (Wildman–Crippen LogP) is 3.83. The van der Waals surface area contributed by atoms with Crippen LogP contribution in [0.15, 0.2) is 18.2 Å². The Hall–Kier alpha value is -1.35. The van der Waals surface area contributed by atoms with Gasteiger partial charge in [-0.2, -0.15) is 0 Å². The van der Waals surface area contributed by atoms with Crippen LogP contribution >= 0.6 is 0 Å². The van der Waals surface area contributed by atoms with E-state index in [-0.39, 0.29) is 12.0 Å². The molecule has 0 aromatic heterocycles. The van der Waals surface area contributed by atoms with Crippen molar-refractivity contribution in [2.75, 3.05) is 11.4 Å². The third kappa shape index (κ3) is 3.77. The van der Waals surface area contributed by atoms with Crippen LogP contribution in [0.2, 0.25) is 0 Å². The summed E-state index contributed by atoms with van der Waals surface area (Å²) in [5, 5.41) is 0. The Bertz CT molecular complexity index is 549. The largest absolute Gasteiger partial charge is 0.327 e. The van der Waals surface area contributed by atoms with Gasteiger partial charge in [0.05, 0.1) is 0 Å². The number of rotatable bonds is 4. The molecule has 1 saturated carbocycles. The number of anilines is 1. The lowest BCUT2D eigenvalue weighted by Crippen LogP contribution is -2.40. The highest BCUT2D eigenvalue weighted by atomic mass is 16.2. The molecular weight excluding hydrogens is 284 g/mol. The molecule has 126 valence electrons. The van der Waals surface area contributed by atoms with Gasteiger partial charge in [0.25, 0.3) is 0 Å². The van der Waals surface area contributed by atoms with Crippen LogP contribution in [0.3, 0.4) is 0 Å². The van der Waals surface area contributed by atoms with Crippen LogP contribution in [-0.2, 0) is 17.6 Å². The van der Waals surface area contributed by atoms with Crippen molar-refractivity contribution in [1.82, 2.24) is 0 Å². The SMILES string of the molecule is CCC(N)Cc1ccc2c(c1)CCCN2C(=O)C1CCCCC1. The smallest absolute Gasteiger partial charge is 0.230 e. The zero-order valence-corrected chi connectivity index (χ0v) is 14.4. The van der Waals surface area contributed by atoms with Crippen molar-refractivity contribution in [3.63, 3.8) is 0 Å². The third-order valence-corrected chi connectivity index (χ3v) is 5.51. The summed E-state index contributed by atoms with van der Waals surface area (Å²) < 4.78 is 0. The lowest BCUT2D eigenvalue weighted by molar-refractivity contribution is -0.123. The maximum absolute atomic E-state index is 12.9. The Morgan fingerprint density at radius 1 is 1.26 bits per heavy atom. The van der Waals surface area contributed by atoms with Gasteiger partial charge in [-0.1, -0.05) is 38.3 Å². The maximum atomic E-state index is 12.9. The van der Waals surface area contributed by atoms with E-state index in [0.29, 0.717) is 5.91 Å². The molecule has 3 heteroatoms. The Morgan fingerprint density at radius 3 is 2.78 bits per heavy atom. The molecule has 23 heavy (non-hydrogen) atoms. The van der Waals surface area contributed by atoms with Crippen LogP contribution in [-0.4, -0.2) is 18.5 Å². The van der Waals surface area contributed by atoms with E-state index >= 15 is 0 Å². The minimum atomic E-state index is 0.233. The molecule has 1 aromatic rings. The minimum absolute atomic E-state index is 0.233. The van der Waals surface area contributed by atoms with Crippen LogP contribution in [0, 0.1) is 5.92 Å². The highest BCUT2D eigenvalue weighted by molar-refractivity contribution is 5.96. The number of amides is 1. The van der Waals surface area contributed by atoms with Gasteiger partial charge < -0.3 is 10.6 Å². The Balaban J connectivity index is 1.77. The molecular formula is C20H30N2O. The number of benzene rings is 1. The normalized spacial score (nSPS) is 20.2. The van der Waals surface area contributed by atoms with Gasteiger partial charge in [-0.3, -0.25) is 4.79 Å². The van der Waals surface area contributed by atoms with Crippen LogP contribution in [0.5, 0.6) is 0 Å². The molecule has 1 heterocycles. The van der Waals surface area contributed by atoms with Crippen LogP contribution in [0.25, 0.3) is 0 Å². The molecule has 1 aliphatic carbocycles. The number of aryl methyl sites for hydroxylation is 1. The number of nitrogens with zero attached hydrogens (tertiary/aromatic N) is 1. The van der Waals surface area contributed by atoms with Crippen molar-refractivity contribution in [2.24, 2.45) is 11.7 Å². The van der Waals surface area contributed by atoms with Gasteiger partial charge in [-0.25, -0.2) is 0 Å². The molecule has 3 rings (SSSR count). The molecule has 0 bridgehead atoms. The zero-order valence-electron chi connectivity index (χ0n) is 14.4. The van der Waals surface area contributed by atoms with E-state index in [1.165, 1.54) is 30.4 Å². The molecule has 0 saturated heterocycles. The molecule has 2 N–H and O–H groups in total. The van der Waals surface area contributed by atoms with Gasteiger partial charge in [-0.15, -0.1) is 0 Å². The topological polar surface area (TPSA) is 46.3 Å². The number of hydrogen-bond acceptors (Lipinski definition) is 2. The first-order valence-electron chi connectivity index (χ1n) is 9.37. The van der Waals surface area contributed by atoms with Crippen molar-refractivity contribution in [3.8, 4) is 0 Å². The lowest BCUT2D eigenvalue weighted by Gasteiger charge is -2.34.